The van der Waals surface area contributed by atoms with E-state index in [-0.39, 0.29) is 12.2 Å². The largest absolute Gasteiger partial charge is 0.493 e. The average molecular weight is 529 g/mol. The predicted octanol–water partition coefficient (Wildman–Crippen LogP) is 3.48. The van der Waals surface area contributed by atoms with E-state index >= 15 is 0 Å². The summed E-state index contributed by atoms with van der Waals surface area (Å²) in [6.07, 6.45) is 1.72. The molecule has 4 rings (SSSR count). The number of fused-ring (bicyclic) bond motifs is 1. The first-order valence-electron chi connectivity index (χ1n) is 11.1. The van der Waals surface area contributed by atoms with E-state index in [1.54, 1.807) is 56.3 Å². The SMILES string of the molecule is CCOC(=O)C1=C(C)N=c2s/c(=C/c3ccc(OC)c(OC)c3OC)c(=O)n2[C@@H]1c1ccc(Cl)cc1. The zero-order chi connectivity index (χ0) is 26.0. The number of hydrogen-bond donors (Lipinski definition) is 0. The molecule has 0 amide bonds. The molecular weight excluding hydrogens is 504 g/mol. The fourth-order valence-electron chi connectivity index (χ4n) is 4.13. The molecule has 0 N–H and O–H groups in total. The minimum Gasteiger partial charge on any atom is -0.493 e. The molecule has 1 aliphatic heterocycles. The Bertz CT molecular complexity index is 1520. The van der Waals surface area contributed by atoms with E-state index in [4.69, 9.17) is 30.5 Å². The van der Waals surface area contributed by atoms with E-state index in [0.29, 0.717) is 54.0 Å². The first kappa shape index (κ1) is 25.5. The molecule has 0 aliphatic carbocycles. The molecule has 0 saturated carbocycles. The lowest BCUT2D eigenvalue weighted by molar-refractivity contribution is -0.139. The summed E-state index contributed by atoms with van der Waals surface area (Å²) < 4.78 is 23.7. The van der Waals surface area contributed by atoms with Crippen LogP contribution in [0.3, 0.4) is 0 Å². The molecule has 2 heterocycles. The Balaban J connectivity index is 1.97. The number of hydrogen-bond acceptors (Lipinski definition) is 8. The Morgan fingerprint density at radius 2 is 1.78 bits per heavy atom. The lowest BCUT2D eigenvalue weighted by Crippen LogP contribution is -2.39. The van der Waals surface area contributed by atoms with Crippen molar-refractivity contribution in [2.24, 2.45) is 4.99 Å². The molecule has 0 unspecified atom stereocenters. The van der Waals surface area contributed by atoms with Gasteiger partial charge >= 0.3 is 5.97 Å². The number of ether oxygens (including phenoxy) is 4. The summed E-state index contributed by atoms with van der Waals surface area (Å²) in [5.41, 5.74) is 1.84. The number of aromatic nitrogens is 1. The van der Waals surface area contributed by atoms with Gasteiger partial charge < -0.3 is 18.9 Å². The Morgan fingerprint density at radius 3 is 2.39 bits per heavy atom. The second-order valence-corrected chi connectivity index (χ2v) is 9.22. The van der Waals surface area contributed by atoms with E-state index in [2.05, 4.69) is 4.99 Å². The van der Waals surface area contributed by atoms with Gasteiger partial charge in [-0.3, -0.25) is 9.36 Å². The molecule has 3 aromatic rings. The highest BCUT2D eigenvalue weighted by Gasteiger charge is 2.33. The van der Waals surface area contributed by atoms with Gasteiger partial charge in [0, 0.05) is 10.6 Å². The number of carbonyl (C=O) groups is 1. The van der Waals surface area contributed by atoms with Gasteiger partial charge in [0.05, 0.1) is 49.8 Å². The average Bonchev–Trinajstić information content (AvgIpc) is 3.17. The summed E-state index contributed by atoms with van der Waals surface area (Å²) >= 11 is 7.32. The Hall–Kier alpha value is -3.56. The number of rotatable bonds is 7. The van der Waals surface area contributed by atoms with Gasteiger partial charge in [-0.2, -0.15) is 0 Å². The number of methoxy groups -OCH3 is 3. The number of benzene rings is 2. The Morgan fingerprint density at radius 1 is 1.08 bits per heavy atom. The summed E-state index contributed by atoms with van der Waals surface area (Å²) in [6.45, 7) is 3.67. The standard InChI is InChI=1S/C26H25ClN2O6S/c1-6-35-25(31)20-14(2)28-26-29(21(20)15-7-10-17(27)11-8-15)24(30)19(36-26)13-16-9-12-18(32-3)23(34-5)22(16)33-4/h7-13,21H,6H2,1-5H3/b19-13+/t21-/m1/s1. The van der Waals surface area contributed by atoms with Crippen LogP contribution in [0.25, 0.3) is 6.08 Å². The van der Waals surface area contributed by atoms with Crippen molar-refractivity contribution in [3.8, 4) is 17.2 Å². The second-order valence-electron chi connectivity index (χ2n) is 7.78. The predicted molar refractivity (Wildman–Crippen MR) is 138 cm³/mol. The lowest BCUT2D eigenvalue weighted by Gasteiger charge is -2.24. The molecule has 0 radical (unpaired) electrons. The fourth-order valence-corrected chi connectivity index (χ4v) is 5.29. The normalized spacial score (nSPS) is 15.3. The zero-order valence-electron chi connectivity index (χ0n) is 20.5. The van der Waals surface area contributed by atoms with E-state index in [9.17, 15) is 9.59 Å². The maximum atomic E-state index is 13.8. The van der Waals surface area contributed by atoms with Crippen molar-refractivity contribution in [2.45, 2.75) is 19.9 Å². The molecule has 10 heteroatoms. The minimum absolute atomic E-state index is 0.201. The summed E-state index contributed by atoms with van der Waals surface area (Å²) in [5, 5.41) is 0.546. The van der Waals surface area contributed by atoms with Crippen molar-refractivity contribution in [1.82, 2.24) is 4.57 Å². The molecular formula is C26H25ClN2O6S. The summed E-state index contributed by atoms with van der Waals surface area (Å²) in [6, 6.07) is 9.83. The molecule has 8 nitrogen and oxygen atoms in total. The van der Waals surface area contributed by atoms with Crippen molar-refractivity contribution in [1.29, 1.82) is 0 Å². The van der Waals surface area contributed by atoms with Crippen molar-refractivity contribution in [2.75, 3.05) is 27.9 Å². The van der Waals surface area contributed by atoms with E-state index < -0.39 is 12.0 Å². The first-order chi connectivity index (χ1) is 17.3. The van der Waals surface area contributed by atoms with Crippen molar-refractivity contribution in [3.05, 3.63) is 83.5 Å². The van der Waals surface area contributed by atoms with Gasteiger partial charge in [-0.1, -0.05) is 35.1 Å². The maximum Gasteiger partial charge on any atom is 0.338 e. The third-order valence-corrected chi connectivity index (χ3v) is 6.96. The third-order valence-electron chi connectivity index (χ3n) is 5.72. The van der Waals surface area contributed by atoms with Gasteiger partial charge in [-0.05, 0) is 49.8 Å². The number of thiazole rings is 1. The molecule has 36 heavy (non-hydrogen) atoms. The fraction of sp³-hybridized carbons (Fsp3) is 0.269. The van der Waals surface area contributed by atoms with Gasteiger partial charge in [0.25, 0.3) is 5.56 Å². The second kappa shape index (κ2) is 10.6. The van der Waals surface area contributed by atoms with Crippen LogP contribution in [0.2, 0.25) is 5.02 Å². The highest BCUT2D eigenvalue weighted by atomic mass is 35.5. The van der Waals surface area contributed by atoms with Gasteiger partial charge in [-0.25, -0.2) is 9.79 Å². The summed E-state index contributed by atoms with van der Waals surface area (Å²) in [7, 11) is 4.57. The molecule has 1 atom stereocenters. The van der Waals surface area contributed by atoms with E-state index in [1.165, 1.54) is 37.2 Å². The first-order valence-corrected chi connectivity index (χ1v) is 12.3. The topological polar surface area (TPSA) is 88.4 Å². The van der Waals surface area contributed by atoms with Gasteiger partial charge in [0.1, 0.15) is 0 Å². The van der Waals surface area contributed by atoms with Crippen LogP contribution < -0.4 is 29.1 Å². The lowest BCUT2D eigenvalue weighted by atomic mass is 9.96. The van der Waals surface area contributed by atoms with Gasteiger partial charge in [0.15, 0.2) is 16.3 Å². The van der Waals surface area contributed by atoms with Crippen molar-refractivity contribution < 1.29 is 23.7 Å². The Kier molecular flexibility index (Phi) is 7.51. The van der Waals surface area contributed by atoms with Crippen LogP contribution in [0, 0.1) is 0 Å². The number of allylic oxidation sites excluding steroid dienone is 1. The third kappa shape index (κ3) is 4.52. The van der Waals surface area contributed by atoms with E-state index in [0.717, 1.165) is 0 Å². The monoisotopic (exact) mass is 528 g/mol. The molecule has 0 spiro atoms. The quantitative estimate of drug-likeness (QED) is 0.436. The molecule has 188 valence electrons. The summed E-state index contributed by atoms with van der Waals surface area (Å²) in [5.74, 6) is 0.835. The Labute approximate surface area is 216 Å². The number of esters is 1. The van der Waals surface area contributed by atoms with Gasteiger partial charge in [0.2, 0.25) is 5.75 Å². The molecule has 0 saturated heterocycles. The molecule has 1 aliphatic rings. The minimum atomic E-state index is -0.716. The zero-order valence-corrected chi connectivity index (χ0v) is 22.0. The number of nitrogens with zero attached hydrogens (tertiary/aromatic N) is 2. The molecule has 0 fully saturated rings. The van der Waals surface area contributed by atoms with Crippen molar-refractivity contribution >= 4 is 35.0 Å². The van der Waals surface area contributed by atoms with Gasteiger partial charge in [-0.15, -0.1) is 0 Å². The highest BCUT2D eigenvalue weighted by molar-refractivity contribution is 7.07. The number of halogens is 1. The molecule has 2 aromatic carbocycles. The number of carbonyl (C=O) groups excluding carboxylic acids is 1. The highest BCUT2D eigenvalue weighted by Crippen LogP contribution is 2.40. The van der Waals surface area contributed by atoms with Crippen LogP contribution in [0.4, 0.5) is 0 Å². The smallest absolute Gasteiger partial charge is 0.338 e. The van der Waals surface area contributed by atoms with Crippen LogP contribution in [-0.4, -0.2) is 38.5 Å². The van der Waals surface area contributed by atoms with Crippen molar-refractivity contribution in [3.63, 3.8) is 0 Å². The van der Waals surface area contributed by atoms with Crippen LogP contribution in [0.5, 0.6) is 17.2 Å². The summed E-state index contributed by atoms with van der Waals surface area (Å²) in [4.78, 5) is 31.8. The maximum absolute atomic E-state index is 13.8. The molecule has 1 aromatic heterocycles. The van der Waals surface area contributed by atoms with Crippen LogP contribution >= 0.6 is 22.9 Å². The molecule has 0 bridgehead atoms. The van der Waals surface area contributed by atoms with E-state index in [1.807, 2.05) is 0 Å². The van der Waals surface area contributed by atoms with Crippen LogP contribution in [-0.2, 0) is 9.53 Å². The van der Waals surface area contributed by atoms with Crippen LogP contribution in [0.15, 0.2) is 57.5 Å². The van der Waals surface area contributed by atoms with Crippen LogP contribution in [0.1, 0.15) is 31.0 Å².